The van der Waals surface area contributed by atoms with Gasteiger partial charge in [-0.15, -0.1) is 0 Å². The molecule has 1 atom stereocenters. The summed E-state index contributed by atoms with van der Waals surface area (Å²) < 4.78 is 11.2. The van der Waals surface area contributed by atoms with Gasteiger partial charge in [0.1, 0.15) is 17.3 Å². The van der Waals surface area contributed by atoms with Gasteiger partial charge < -0.3 is 19.5 Å². The van der Waals surface area contributed by atoms with E-state index in [2.05, 4.69) is 33.0 Å². The molecular weight excluding hydrogens is 478 g/mol. The molecule has 0 radical (unpaired) electrons. The molecule has 2 heterocycles. The third kappa shape index (κ3) is 7.43. The number of rotatable bonds is 11. The van der Waals surface area contributed by atoms with Gasteiger partial charge in [0, 0.05) is 51.1 Å². The number of carbonyl (C=O) groups is 1. The third-order valence-corrected chi connectivity index (χ3v) is 6.55. The van der Waals surface area contributed by atoms with Crippen LogP contribution in [-0.4, -0.2) is 54.3 Å². The Kier molecular flexibility index (Phi) is 9.17. The van der Waals surface area contributed by atoms with Crippen LogP contribution in [0.1, 0.15) is 24.0 Å². The quantitative estimate of drug-likeness (QED) is 0.367. The highest BCUT2D eigenvalue weighted by molar-refractivity contribution is 6.30. The number of aliphatic carboxylic acids is 1. The molecule has 0 spiro atoms. The molecule has 0 bridgehead atoms. The topological polar surface area (TPSA) is 75.1 Å². The number of aromatic nitrogens is 1. The van der Waals surface area contributed by atoms with Crippen LogP contribution in [0.5, 0.6) is 11.5 Å². The Hall–Kier alpha value is -3.13. The summed E-state index contributed by atoms with van der Waals surface area (Å²) in [4.78, 5) is 20.4. The second kappa shape index (κ2) is 12.7. The van der Waals surface area contributed by atoms with E-state index in [-0.39, 0.29) is 5.92 Å². The van der Waals surface area contributed by atoms with Gasteiger partial charge in [-0.3, -0.25) is 9.69 Å². The van der Waals surface area contributed by atoms with E-state index in [1.807, 2.05) is 36.5 Å². The van der Waals surface area contributed by atoms with E-state index in [0.717, 1.165) is 61.9 Å². The fraction of sp³-hybridized carbons (Fsp3) is 0.357. The molecule has 2 aromatic carbocycles. The summed E-state index contributed by atoms with van der Waals surface area (Å²) in [6.07, 6.45) is 3.49. The minimum Gasteiger partial charge on any atom is -0.481 e. The molecule has 36 heavy (non-hydrogen) atoms. The highest BCUT2D eigenvalue weighted by Gasteiger charge is 2.26. The summed E-state index contributed by atoms with van der Waals surface area (Å²) in [5.41, 5.74) is 2.27. The van der Waals surface area contributed by atoms with Crippen molar-refractivity contribution in [3.63, 3.8) is 0 Å². The Bertz CT molecular complexity index is 1110. The van der Waals surface area contributed by atoms with E-state index < -0.39 is 5.97 Å². The predicted octanol–water partition coefficient (Wildman–Crippen LogP) is 5.48. The zero-order valence-corrected chi connectivity index (χ0v) is 21.2. The summed E-state index contributed by atoms with van der Waals surface area (Å²) in [5, 5.41) is 10.0. The summed E-state index contributed by atoms with van der Waals surface area (Å²) in [7, 11) is 1.71. The lowest BCUT2D eigenvalue weighted by Gasteiger charge is -2.31. The lowest BCUT2D eigenvalue weighted by atomic mass is 9.98. The smallest absolute Gasteiger partial charge is 0.308 e. The number of carboxylic acids is 1. The van der Waals surface area contributed by atoms with Crippen molar-refractivity contribution in [3.8, 4) is 11.5 Å². The molecule has 1 saturated heterocycles. The molecule has 0 aliphatic carbocycles. The number of ether oxygens (including phenoxy) is 2. The summed E-state index contributed by atoms with van der Waals surface area (Å²) >= 11 is 5.94. The van der Waals surface area contributed by atoms with Crippen molar-refractivity contribution in [3.05, 3.63) is 83.0 Å². The third-order valence-electron chi connectivity index (χ3n) is 6.30. The van der Waals surface area contributed by atoms with Crippen molar-refractivity contribution >= 4 is 23.4 Å². The van der Waals surface area contributed by atoms with E-state index in [1.54, 1.807) is 19.2 Å². The van der Waals surface area contributed by atoms with Crippen molar-refractivity contribution in [1.82, 2.24) is 9.88 Å². The minimum absolute atomic E-state index is 0.326. The first-order valence-electron chi connectivity index (χ1n) is 12.2. The maximum Gasteiger partial charge on any atom is 0.308 e. The van der Waals surface area contributed by atoms with Crippen LogP contribution in [0.2, 0.25) is 5.02 Å². The van der Waals surface area contributed by atoms with Crippen molar-refractivity contribution in [2.45, 2.75) is 25.9 Å². The van der Waals surface area contributed by atoms with Gasteiger partial charge in [0.15, 0.2) is 0 Å². The molecule has 1 aliphatic rings. The molecule has 0 saturated carbocycles. The minimum atomic E-state index is -0.727. The Morgan fingerprint density at radius 3 is 2.36 bits per heavy atom. The van der Waals surface area contributed by atoms with Crippen LogP contribution in [0, 0.1) is 5.92 Å². The van der Waals surface area contributed by atoms with E-state index in [9.17, 15) is 9.90 Å². The van der Waals surface area contributed by atoms with Crippen molar-refractivity contribution in [2.75, 3.05) is 38.3 Å². The van der Waals surface area contributed by atoms with Crippen LogP contribution in [-0.2, 0) is 22.6 Å². The Morgan fingerprint density at radius 2 is 1.72 bits per heavy atom. The van der Waals surface area contributed by atoms with E-state index in [4.69, 9.17) is 21.1 Å². The highest BCUT2D eigenvalue weighted by atomic mass is 35.5. The number of methoxy groups -OCH3 is 1. The van der Waals surface area contributed by atoms with Crippen LogP contribution in [0.3, 0.4) is 0 Å². The summed E-state index contributed by atoms with van der Waals surface area (Å²) in [6.45, 7) is 4.27. The zero-order chi connectivity index (χ0) is 25.3. The molecule has 8 heteroatoms. The number of hydrogen-bond acceptors (Lipinski definition) is 6. The zero-order valence-electron chi connectivity index (χ0n) is 20.5. The highest BCUT2D eigenvalue weighted by Crippen LogP contribution is 2.25. The van der Waals surface area contributed by atoms with Crippen molar-refractivity contribution in [2.24, 2.45) is 5.92 Å². The van der Waals surface area contributed by atoms with Gasteiger partial charge in [0.2, 0.25) is 0 Å². The maximum absolute atomic E-state index is 11.4. The van der Waals surface area contributed by atoms with Crippen LogP contribution in [0.4, 0.5) is 5.82 Å². The first kappa shape index (κ1) is 25.9. The summed E-state index contributed by atoms with van der Waals surface area (Å²) in [5.74, 6) is 1.30. The number of benzene rings is 2. The first-order valence-corrected chi connectivity index (χ1v) is 12.5. The molecule has 0 amide bonds. The fourth-order valence-corrected chi connectivity index (χ4v) is 4.46. The van der Waals surface area contributed by atoms with E-state index in [1.165, 1.54) is 5.56 Å². The van der Waals surface area contributed by atoms with Gasteiger partial charge in [-0.2, -0.15) is 0 Å². The molecule has 1 unspecified atom stereocenters. The lowest BCUT2D eigenvalue weighted by Crippen LogP contribution is -2.39. The molecule has 190 valence electrons. The molecule has 1 aliphatic heterocycles. The number of piperidine rings is 1. The average Bonchev–Trinajstić information content (AvgIpc) is 2.90. The summed E-state index contributed by atoms with van der Waals surface area (Å²) in [6, 6.07) is 19.5. The number of pyridine rings is 1. The van der Waals surface area contributed by atoms with Crippen LogP contribution < -0.4 is 9.64 Å². The normalized spacial score (nSPS) is 15.8. The Balaban J connectivity index is 1.36. The Labute approximate surface area is 217 Å². The monoisotopic (exact) mass is 509 g/mol. The van der Waals surface area contributed by atoms with Gasteiger partial charge in [-0.25, -0.2) is 4.98 Å². The molecule has 3 aromatic rings. The standard InChI is InChI=1S/C28H32ClN3O4/c1-35-16-15-31(18-21-4-9-25(10-5-21)36-26-11-7-24(29)8-12-26)19-22-6-13-27(30-17-22)32-14-2-3-23(20-32)28(33)34/h4-13,17,23H,2-3,14-16,18-20H2,1H3,(H,33,34). The first-order chi connectivity index (χ1) is 17.5. The average molecular weight is 510 g/mol. The van der Waals surface area contributed by atoms with Crippen LogP contribution in [0.15, 0.2) is 66.9 Å². The molecule has 7 nitrogen and oxygen atoms in total. The molecule has 1 N–H and O–H groups in total. The number of carboxylic acid groups (broad SMARTS) is 1. The SMILES string of the molecule is COCCN(Cc1ccc(Oc2ccc(Cl)cc2)cc1)Cc1ccc(N2CCCC(C(=O)O)C2)nc1. The Morgan fingerprint density at radius 1 is 1.06 bits per heavy atom. The lowest BCUT2D eigenvalue weighted by molar-refractivity contribution is -0.141. The van der Waals surface area contributed by atoms with E-state index in [0.29, 0.717) is 18.2 Å². The molecule has 4 rings (SSSR count). The van der Waals surface area contributed by atoms with Crippen LogP contribution in [0.25, 0.3) is 0 Å². The molecule has 1 fully saturated rings. The number of hydrogen-bond donors (Lipinski definition) is 1. The number of nitrogens with zero attached hydrogens (tertiary/aromatic N) is 3. The van der Waals surface area contributed by atoms with Gasteiger partial charge >= 0.3 is 5.97 Å². The maximum atomic E-state index is 11.4. The second-order valence-electron chi connectivity index (χ2n) is 9.05. The second-order valence-corrected chi connectivity index (χ2v) is 9.49. The van der Waals surface area contributed by atoms with Gasteiger partial charge in [-0.05, 0) is 66.4 Å². The van der Waals surface area contributed by atoms with Gasteiger partial charge in [-0.1, -0.05) is 29.8 Å². The largest absolute Gasteiger partial charge is 0.481 e. The van der Waals surface area contributed by atoms with Gasteiger partial charge in [0.25, 0.3) is 0 Å². The van der Waals surface area contributed by atoms with Gasteiger partial charge in [0.05, 0.1) is 12.5 Å². The number of anilines is 1. The molecule has 1 aromatic heterocycles. The van der Waals surface area contributed by atoms with Crippen LogP contribution >= 0.6 is 11.6 Å². The fourth-order valence-electron chi connectivity index (χ4n) is 4.34. The van der Waals surface area contributed by atoms with Crippen molar-refractivity contribution < 1.29 is 19.4 Å². The predicted molar refractivity (Wildman–Crippen MR) is 141 cm³/mol. The number of halogens is 1. The van der Waals surface area contributed by atoms with E-state index >= 15 is 0 Å². The molecular formula is C28H32ClN3O4. The van der Waals surface area contributed by atoms with Crippen molar-refractivity contribution in [1.29, 1.82) is 0 Å².